The maximum absolute atomic E-state index is 5.06. The zero-order chi connectivity index (χ0) is 10.4. The minimum atomic E-state index is 0.839. The highest BCUT2D eigenvalue weighted by Crippen LogP contribution is 2.16. The highest BCUT2D eigenvalue weighted by Gasteiger charge is 2.02. The summed E-state index contributed by atoms with van der Waals surface area (Å²) >= 11 is 1.55. The molecule has 3 nitrogen and oxygen atoms in total. The van der Waals surface area contributed by atoms with Crippen LogP contribution in [0.25, 0.3) is 0 Å². The summed E-state index contributed by atoms with van der Waals surface area (Å²) in [6.07, 6.45) is 1.96. The zero-order valence-corrected chi connectivity index (χ0v) is 9.30. The summed E-state index contributed by atoms with van der Waals surface area (Å²) in [6, 6.07) is 7.70. The summed E-state index contributed by atoms with van der Waals surface area (Å²) in [6.45, 7) is 0. The van der Waals surface area contributed by atoms with E-state index in [1.807, 2.05) is 30.5 Å². The number of nitrogens with zero attached hydrogens (tertiary/aromatic N) is 1. The van der Waals surface area contributed by atoms with Gasteiger partial charge < -0.3 is 9.57 Å². The standard InChI is InChI=1S/C10H13NO2S/c1-12-9-6-4-8(5-7-9)10(14-3)11-13-2/h4-7H,1-3H3/b11-10+. The maximum Gasteiger partial charge on any atom is 0.142 e. The molecule has 1 aromatic rings. The van der Waals surface area contributed by atoms with Crippen LogP contribution in [-0.4, -0.2) is 25.5 Å². The van der Waals surface area contributed by atoms with E-state index < -0.39 is 0 Å². The molecule has 4 heteroatoms. The Morgan fingerprint density at radius 3 is 2.29 bits per heavy atom. The van der Waals surface area contributed by atoms with E-state index in [2.05, 4.69) is 5.16 Å². The van der Waals surface area contributed by atoms with Gasteiger partial charge in [0.1, 0.15) is 17.9 Å². The summed E-state index contributed by atoms with van der Waals surface area (Å²) in [4.78, 5) is 4.74. The Bertz CT molecular complexity index is 308. The van der Waals surface area contributed by atoms with Crippen LogP contribution in [0.3, 0.4) is 0 Å². The van der Waals surface area contributed by atoms with Crippen molar-refractivity contribution in [2.75, 3.05) is 20.5 Å². The van der Waals surface area contributed by atoms with E-state index in [1.165, 1.54) is 0 Å². The van der Waals surface area contributed by atoms with E-state index in [0.717, 1.165) is 16.4 Å². The Hall–Kier alpha value is -1.16. The van der Waals surface area contributed by atoms with Gasteiger partial charge in [-0.05, 0) is 30.5 Å². The Morgan fingerprint density at radius 2 is 1.86 bits per heavy atom. The highest BCUT2D eigenvalue weighted by molar-refractivity contribution is 8.13. The lowest BCUT2D eigenvalue weighted by Crippen LogP contribution is -1.95. The molecule has 0 spiro atoms. The molecule has 1 aromatic carbocycles. The van der Waals surface area contributed by atoms with Crippen LogP contribution < -0.4 is 4.74 Å². The minimum Gasteiger partial charge on any atom is -0.497 e. The summed E-state index contributed by atoms with van der Waals surface area (Å²) in [5.41, 5.74) is 1.03. The van der Waals surface area contributed by atoms with Crippen LogP contribution in [0.2, 0.25) is 0 Å². The molecule has 0 aliphatic rings. The number of oxime groups is 1. The van der Waals surface area contributed by atoms with E-state index in [-0.39, 0.29) is 0 Å². The fraction of sp³-hybridized carbons (Fsp3) is 0.300. The van der Waals surface area contributed by atoms with Crippen molar-refractivity contribution < 1.29 is 9.57 Å². The van der Waals surface area contributed by atoms with Crippen molar-refractivity contribution in [3.05, 3.63) is 29.8 Å². The second-order valence-corrected chi connectivity index (χ2v) is 3.31. The minimum absolute atomic E-state index is 0.839. The van der Waals surface area contributed by atoms with Crippen molar-refractivity contribution in [2.24, 2.45) is 5.16 Å². The average molecular weight is 211 g/mol. The topological polar surface area (TPSA) is 30.8 Å². The van der Waals surface area contributed by atoms with Gasteiger partial charge in [-0.3, -0.25) is 0 Å². The molecule has 0 saturated heterocycles. The SMILES string of the molecule is CO/N=C(/SC)c1ccc(OC)cc1. The molecule has 0 heterocycles. The molecule has 0 atom stereocenters. The summed E-state index contributed by atoms with van der Waals surface area (Å²) in [7, 11) is 3.19. The van der Waals surface area contributed by atoms with Gasteiger partial charge in [-0.15, -0.1) is 11.8 Å². The molecule has 0 aromatic heterocycles. The van der Waals surface area contributed by atoms with Gasteiger partial charge in [0.25, 0.3) is 0 Å². The molecule has 14 heavy (non-hydrogen) atoms. The molecule has 0 saturated carbocycles. The van der Waals surface area contributed by atoms with E-state index >= 15 is 0 Å². The number of hydrogen-bond acceptors (Lipinski definition) is 4. The Kier molecular flexibility index (Phi) is 4.32. The lowest BCUT2D eigenvalue weighted by molar-refractivity contribution is 0.215. The Balaban J connectivity index is 2.89. The fourth-order valence-electron chi connectivity index (χ4n) is 1.02. The van der Waals surface area contributed by atoms with Crippen LogP contribution in [-0.2, 0) is 4.84 Å². The van der Waals surface area contributed by atoms with Crippen molar-refractivity contribution in [3.63, 3.8) is 0 Å². The van der Waals surface area contributed by atoms with Gasteiger partial charge in [0.05, 0.1) is 7.11 Å². The molecule has 0 unspecified atom stereocenters. The molecule has 0 aliphatic heterocycles. The quantitative estimate of drug-likeness (QED) is 0.437. The third kappa shape index (κ3) is 2.67. The molecule has 0 bridgehead atoms. The predicted molar refractivity (Wildman–Crippen MR) is 60.1 cm³/mol. The molecule has 1 rings (SSSR count). The first-order chi connectivity index (χ1) is 6.81. The lowest BCUT2D eigenvalue weighted by atomic mass is 10.2. The first-order valence-corrected chi connectivity index (χ1v) is 5.34. The van der Waals surface area contributed by atoms with Gasteiger partial charge in [0.2, 0.25) is 0 Å². The number of methoxy groups -OCH3 is 1. The van der Waals surface area contributed by atoms with Gasteiger partial charge in [-0.2, -0.15) is 0 Å². The zero-order valence-electron chi connectivity index (χ0n) is 8.48. The molecule has 0 amide bonds. The fourth-order valence-corrected chi connectivity index (χ4v) is 1.55. The second kappa shape index (κ2) is 5.54. The number of benzene rings is 1. The molecule has 0 radical (unpaired) electrons. The summed E-state index contributed by atoms with van der Waals surface area (Å²) in [5, 5.41) is 4.76. The number of rotatable bonds is 3. The Morgan fingerprint density at radius 1 is 1.21 bits per heavy atom. The lowest BCUT2D eigenvalue weighted by Gasteiger charge is -2.03. The van der Waals surface area contributed by atoms with Crippen LogP contribution in [0.4, 0.5) is 0 Å². The van der Waals surface area contributed by atoms with Crippen LogP contribution in [0.5, 0.6) is 5.75 Å². The number of hydrogen-bond donors (Lipinski definition) is 0. The second-order valence-electron chi connectivity index (χ2n) is 2.51. The van der Waals surface area contributed by atoms with E-state index in [9.17, 15) is 0 Å². The Labute approximate surface area is 88.1 Å². The van der Waals surface area contributed by atoms with E-state index in [0.29, 0.717) is 0 Å². The number of ether oxygens (including phenoxy) is 1. The number of thioether (sulfide) groups is 1. The van der Waals surface area contributed by atoms with Crippen LogP contribution in [0.1, 0.15) is 5.56 Å². The van der Waals surface area contributed by atoms with Gasteiger partial charge in [-0.1, -0.05) is 5.16 Å². The molecule has 0 fully saturated rings. The van der Waals surface area contributed by atoms with Crippen LogP contribution in [0.15, 0.2) is 29.4 Å². The largest absolute Gasteiger partial charge is 0.497 e. The third-order valence-corrected chi connectivity index (χ3v) is 2.40. The van der Waals surface area contributed by atoms with Crippen molar-refractivity contribution in [1.29, 1.82) is 0 Å². The van der Waals surface area contributed by atoms with Gasteiger partial charge in [0.15, 0.2) is 0 Å². The van der Waals surface area contributed by atoms with Crippen LogP contribution in [0, 0.1) is 0 Å². The molecule has 76 valence electrons. The summed E-state index contributed by atoms with van der Waals surface area (Å²) in [5.74, 6) is 0.839. The molecular weight excluding hydrogens is 198 g/mol. The normalized spacial score (nSPS) is 11.2. The van der Waals surface area contributed by atoms with Gasteiger partial charge in [-0.25, -0.2) is 0 Å². The molecular formula is C10H13NO2S. The van der Waals surface area contributed by atoms with Crippen molar-refractivity contribution in [3.8, 4) is 5.75 Å². The third-order valence-electron chi connectivity index (χ3n) is 1.70. The van der Waals surface area contributed by atoms with Gasteiger partial charge in [0, 0.05) is 5.56 Å². The van der Waals surface area contributed by atoms with E-state index in [1.54, 1.807) is 26.0 Å². The first-order valence-electron chi connectivity index (χ1n) is 4.11. The molecule has 0 N–H and O–H groups in total. The van der Waals surface area contributed by atoms with Gasteiger partial charge >= 0.3 is 0 Å². The monoisotopic (exact) mass is 211 g/mol. The molecule has 0 aliphatic carbocycles. The van der Waals surface area contributed by atoms with Crippen molar-refractivity contribution in [2.45, 2.75) is 0 Å². The van der Waals surface area contributed by atoms with Crippen molar-refractivity contribution >= 4 is 16.8 Å². The van der Waals surface area contributed by atoms with E-state index in [4.69, 9.17) is 9.57 Å². The first kappa shape index (κ1) is 10.9. The smallest absolute Gasteiger partial charge is 0.142 e. The highest BCUT2D eigenvalue weighted by atomic mass is 32.2. The predicted octanol–water partition coefficient (Wildman–Crippen LogP) is 2.37. The average Bonchev–Trinajstić information content (AvgIpc) is 2.26. The van der Waals surface area contributed by atoms with Crippen LogP contribution >= 0.6 is 11.8 Å². The summed E-state index contributed by atoms with van der Waals surface area (Å²) < 4.78 is 5.06. The van der Waals surface area contributed by atoms with Crippen molar-refractivity contribution in [1.82, 2.24) is 0 Å². The maximum atomic E-state index is 5.06.